The highest BCUT2D eigenvalue weighted by molar-refractivity contribution is 5.93. The number of nitrogens with zero attached hydrogens (tertiary/aromatic N) is 1. The zero-order chi connectivity index (χ0) is 14.4. The summed E-state index contributed by atoms with van der Waals surface area (Å²) in [6, 6.07) is 3.80. The minimum atomic E-state index is -3.14. The number of hydrogen-bond acceptors (Lipinski definition) is 5. The summed E-state index contributed by atoms with van der Waals surface area (Å²) >= 11 is 0. The van der Waals surface area contributed by atoms with Crippen LogP contribution in [0.25, 0.3) is 0 Å². The van der Waals surface area contributed by atoms with Crippen LogP contribution in [-0.4, -0.2) is 24.3 Å². The van der Waals surface area contributed by atoms with Gasteiger partial charge in [-0.05, 0) is 24.6 Å². The van der Waals surface area contributed by atoms with Crippen molar-refractivity contribution < 1.29 is 28.2 Å². The molecule has 0 heterocycles. The molecule has 0 spiro atoms. The van der Waals surface area contributed by atoms with Gasteiger partial charge in [-0.2, -0.15) is 14.0 Å². The fourth-order valence-electron chi connectivity index (χ4n) is 1.42. The lowest BCUT2D eigenvalue weighted by Crippen LogP contribution is -2.12. The van der Waals surface area contributed by atoms with Gasteiger partial charge in [-0.25, -0.2) is 4.79 Å². The molecule has 0 aliphatic rings. The first-order valence-electron chi connectivity index (χ1n) is 5.33. The Morgan fingerprint density at radius 2 is 2.21 bits per heavy atom. The van der Waals surface area contributed by atoms with Crippen LogP contribution >= 0.6 is 0 Å². The average Bonchev–Trinajstić information content (AvgIpc) is 2.37. The summed E-state index contributed by atoms with van der Waals surface area (Å²) in [6.07, 6.45) is 0. The quantitative estimate of drug-likeness (QED) is 0.826. The molecule has 1 N–H and O–H groups in total. The van der Waals surface area contributed by atoms with Gasteiger partial charge >= 0.3 is 12.6 Å². The van der Waals surface area contributed by atoms with Crippen LogP contribution in [0.3, 0.4) is 0 Å². The van der Waals surface area contributed by atoms with Gasteiger partial charge in [-0.15, -0.1) is 0 Å². The summed E-state index contributed by atoms with van der Waals surface area (Å²) in [5.41, 5.74) is -0.177. The van der Waals surface area contributed by atoms with Gasteiger partial charge in [0.05, 0.1) is 24.8 Å². The van der Waals surface area contributed by atoms with Crippen molar-refractivity contribution >= 4 is 5.97 Å². The van der Waals surface area contributed by atoms with Crippen LogP contribution in [0.2, 0.25) is 0 Å². The molecule has 0 bridgehead atoms. The van der Waals surface area contributed by atoms with Crippen LogP contribution in [0.5, 0.6) is 5.75 Å². The van der Waals surface area contributed by atoms with Crippen molar-refractivity contribution in [3.05, 3.63) is 28.8 Å². The van der Waals surface area contributed by atoms with Crippen molar-refractivity contribution in [3.8, 4) is 11.8 Å². The van der Waals surface area contributed by atoms with Gasteiger partial charge < -0.3 is 14.6 Å². The molecule has 0 fully saturated rings. The number of alkyl halides is 2. The Bertz CT molecular complexity index is 511. The molecule has 7 heteroatoms. The maximum Gasteiger partial charge on any atom is 0.387 e. The Hall–Kier alpha value is -2.20. The lowest BCUT2D eigenvalue weighted by atomic mass is 10.0. The summed E-state index contributed by atoms with van der Waals surface area (Å²) in [6.45, 7) is -2.03. The van der Waals surface area contributed by atoms with Crippen LogP contribution in [0.4, 0.5) is 8.78 Å². The van der Waals surface area contributed by atoms with Gasteiger partial charge in [0, 0.05) is 0 Å². The number of esters is 1. The predicted molar refractivity (Wildman–Crippen MR) is 59.7 cm³/mol. The van der Waals surface area contributed by atoms with Crippen LogP contribution in [0.1, 0.15) is 28.4 Å². The molecule has 0 aliphatic carbocycles. The number of benzene rings is 1. The molecule has 0 saturated carbocycles. The van der Waals surface area contributed by atoms with E-state index in [2.05, 4.69) is 4.74 Å². The predicted octanol–water partition coefficient (Wildman–Crippen LogP) is 1.83. The van der Waals surface area contributed by atoms with Crippen LogP contribution in [0.15, 0.2) is 12.1 Å². The summed E-state index contributed by atoms with van der Waals surface area (Å²) < 4.78 is 33.4. The first-order chi connectivity index (χ1) is 9.03. The number of nitriles is 1. The Balaban J connectivity index is 3.32. The molecule has 0 unspecified atom stereocenters. The van der Waals surface area contributed by atoms with E-state index >= 15 is 0 Å². The van der Waals surface area contributed by atoms with Gasteiger partial charge in [0.15, 0.2) is 0 Å². The fourth-order valence-corrected chi connectivity index (χ4v) is 1.42. The number of aliphatic hydroxyl groups excluding tert-OH is 1. The zero-order valence-electron chi connectivity index (χ0n) is 10.0. The van der Waals surface area contributed by atoms with E-state index in [9.17, 15) is 13.6 Å². The number of ether oxygens (including phenoxy) is 2. The monoisotopic (exact) mass is 271 g/mol. The van der Waals surface area contributed by atoms with E-state index in [-0.39, 0.29) is 23.3 Å². The van der Waals surface area contributed by atoms with Crippen molar-refractivity contribution in [2.75, 3.05) is 6.61 Å². The molecular weight excluding hydrogens is 260 g/mol. The van der Waals surface area contributed by atoms with E-state index in [1.54, 1.807) is 13.0 Å². The van der Waals surface area contributed by atoms with Gasteiger partial charge in [-0.1, -0.05) is 0 Å². The van der Waals surface area contributed by atoms with E-state index in [0.29, 0.717) is 0 Å². The largest absolute Gasteiger partial charge is 0.462 e. The minimum absolute atomic E-state index is 0.0498. The summed E-state index contributed by atoms with van der Waals surface area (Å²) in [4.78, 5) is 11.6. The van der Waals surface area contributed by atoms with Gasteiger partial charge in [0.25, 0.3) is 0 Å². The van der Waals surface area contributed by atoms with E-state index in [1.165, 1.54) is 0 Å². The first kappa shape index (κ1) is 14.9. The zero-order valence-corrected chi connectivity index (χ0v) is 10.0. The highest BCUT2D eigenvalue weighted by Crippen LogP contribution is 2.26. The Morgan fingerprint density at radius 1 is 1.53 bits per heavy atom. The second-order valence-corrected chi connectivity index (χ2v) is 3.37. The molecule has 0 saturated heterocycles. The van der Waals surface area contributed by atoms with E-state index < -0.39 is 24.9 Å². The van der Waals surface area contributed by atoms with Gasteiger partial charge in [0.1, 0.15) is 11.3 Å². The standard InChI is InChI=1S/C12H11F2NO4/c1-2-18-11(17)9-3-8(6-16)7(5-15)4-10(9)19-12(13)14/h3-4,12,16H,2,6H2,1H3. The van der Waals surface area contributed by atoms with E-state index in [1.807, 2.05) is 0 Å². The maximum absolute atomic E-state index is 12.3. The molecule has 102 valence electrons. The van der Waals surface area contributed by atoms with Gasteiger partial charge in [0.2, 0.25) is 0 Å². The number of carbonyl (C=O) groups is 1. The second kappa shape index (κ2) is 6.66. The number of halogens is 2. The molecule has 0 amide bonds. The summed E-state index contributed by atoms with van der Waals surface area (Å²) in [5, 5.41) is 17.9. The Morgan fingerprint density at radius 3 is 2.68 bits per heavy atom. The van der Waals surface area contributed by atoms with Crippen LogP contribution in [0, 0.1) is 11.3 Å². The van der Waals surface area contributed by atoms with Crippen LogP contribution < -0.4 is 4.74 Å². The van der Waals surface area contributed by atoms with Crippen molar-refractivity contribution in [1.82, 2.24) is 0 Å². The highest BCUT2D eigenvalue weighted by atomic mass is 19.3. The van der Waals surface area contributed by atoms with Gasteiger partial charge in [-0.3, -0.25) is 0 Å². The fraction of sp³-hybridized carbons (Fsp3) is 0.333. The van der Waals surface area contributed by atoms with E-state index in [4.69, 9.17) is 15.1 Å². The van der Waals surface area contributed by atoms with Crippen molar-refractivity contribution in [3.63, 3.8) is 0 Å². The highest BCUT2D eigenvalue weighted by Gasteiger charge is 2.20. The number of aliphatic hydroxyl groups is 1. The van der Waals surface area contributed by atoms with Crippen LogP contribution in [-0.2, 0) is 11.3 Å². The Labute approximate surface area is 108 Å². The molecule has 0 radical (unpaired) electrons. The van der Waals surface area contributed by atoms with Crippen molar-refractivity contribution in [2.24, 2.45) is 0 Å². The van der Waals surface area contributed by atoms with E-state index in [0.717, 1.165) is 12.1 Å². The third kappa shape index (κ3) is 3.63. The smallest absolute Gasteiger partial charge is 0.387 e. The number of carbonyl (C=O) groups excluding carboxylic acids is 1. The van der Waals surface area contributed by atoms with Crippen molar-refractivity contribution in [1.29, 1.82) is 5.26 Å². The lowest BCUT2D eigenvalue weighted by Gasteiger charge is -2.12. The summed E-state index contributed by atoms with van der Waals surface area (Å²) in [7, 11) is 0. The summed E-state index contributed by atoms with van der Waals surface area (Å²) in [5.74, 6) is -1.32. The molecular formula is C12H11F2NO4. The molecule has 1 aromatic carbocycles. The molecule has 19 heavy (non-hydrogen) atoms. The topological polar surface area (TPSA) is 79.5 Å². The number of rotatable bonds is 5. The molecule has 1 rings (SSSR count). The Kier molecular flexibility index (Phi) is 5.21. The lowest BCUT2D eigenvalue weighted by molar-refractivity contribution is -0.0504. The van der Waals surface area contributed by atoms with Crippen molar-refractivity contribution in [2.45, 2.75) is 20.1 Å². The molecule has 1 aromatic rings. The maximum atomic E-state index is 12.3. The second-order valence-electron chi connectivity index (χ2n) is 3.37. The molecule has 0 atom stereocenters. The first-order valence-corrected chi connectivity index (χ1v) is 5.33. The molecule has 5 nitrogen and oxygen atoms in total. The normalized spacial score (nSPS) is 10.1. The molecule has 0 aliphatic heterocycles. The third-order valence-corrected chi connectivity index (χ3v) is 2.21. The average molecular weight is 271 g/mol. The third-order valence-electron chi connectivity index (χ3n) is 2.21. The SMILES string of the molecule is CCOC(=O)c1cc(CO)c(C#N)cc1OC(F)F. The number of hydrogen-bond donors (Lipinski definition) is 1. The minimum Gasteiger partial charge on any atom is -0.462 e. The molecule has 0 aromatic heterocycles.